The summed E-state index contributed by atoms with van der Waals surface area (Å²) in [5.74, 6) is 0. The highest BCUT2D eigenvalue weighted by molar-refractivity contribution is 7.40. The SMILES string of the molecule is CCCNOC(O)C(C)(C)COP(O)OC. The number of hydroxylamine groups is 1. The van der Waals surface area contributed by atoms with Gasteiger partial charge in [-0.15, -0.1) is 0 Å². The Morgan fingerprint density at radius 1 is 1.44 bits per heavy atom. The summed E-state index contributed by atoms with van der Waals surface area (Å²) in [6.45, 7) is 6.33. The fourth-order valence-corrected chi connectivity index (χ4v) is 1.29. The van der Waals surface area contributed by atoms with E-state index in [0.29, 0.717) is 6.54 Å². The Morgan fingerprint density at radius 3 is 2.56 bits per heavy atom. The fourth-order valence-electron chi connectivity index (χ4n) is 0.745. The van der Waals surface area contributed by atoms with Crippen molar-refractivity contribution in [1.82, 2.24) is 5.48 Å². The number of rotatable bonds is 9. The molecule has 0 saturated carbocycles. The number of aliphatic hydroxyl groups is 1. The van der Waals surface area contributed by atoms with Crippen LogP contribution in [0.2, 0.25) is 0 Å². The van der Waals surface area contributed by atoms with Crippen molar-refractivity contribution in [2.75, 3.05) is 20.3 Å². The second kappa shape index (κ2) is 8.31. The van der Waals surface area contributed by atoms with Crippen LogP contribution in [0.4, 0.5) is 0 Å². The minimum Gasteiger partial charge on any atom is -0.366 e. The molecule has 0 radical (unpaired) electrons. The molecule has 0 heterocycles. The molecule has 0 aliphatic heterocycles. The minimum absolute atomic E-state index is 0.137. The highest BCUT2D eigenvalue weighted by atomic mass is 31.2. The fraction of sp³-hybridized carbons (Fsp3) is 1.00. The molecule has 16 heavy (non-hydrogen) atoms. The molecule has 0 aromatic rings. The van der Waals surface area contributed by atoms with Crippen LogP contribution in [0.1, 0.15) is 27.2 Å². The van der Waals surface area contributed by atoms with Crippen LogP contribution in [0.5, 0.6) is 0 Å². The lowest BCUT2D eigenvalue weighted by Crippen LogP contribution is -2.39. The largest absolute Gasteiger partial charge is 0.366 e. The molecule has 98 valence electrons. The Hall–Kier alpha value is 0.190. The van der Waals surface area contributed by atoms with E-state index < -0.39 is 20.3 Å². The summed E-state index contributed by atoms with van der Waals surface area (Å²) in [7, 11) is -0.515. The van der Waals surface area contributed by atoms with Gasteiger partial charge in [-0.3, -0.25) is 4.84 Å². The Balaban J connectivity index is 3.89. The molecule has 0 saturated heterocycles. The van der Waals surface area contributed by atoms with E-state index in [1.54, 1.807) is 13.8 Å². The lowest BCUT2D eigenvalue weighted by molar-refractivity contribution is -0.208. The van der Waals surface area contributed by atoms with E-state index in [1.165, 1.54) is 7.11 Å². The van der Waals surface area contributed by atoms with Gasteiger partial charge in [-0.2, -0.15) is 5.48 Å². The molecule has 2 unspecified atom stereocenters. The van der Waals surface area contributed by atoms with Crippen molar-refractivity contribution in [2.24, 2.45) is 5.41 Å². The summed E-state index contributed by atoms with van der Waals surface area (Å²) in [6.07, 6.45) is -0.103. The first-order valence-electron chi connectivity index (χ1n) is 5.16. The maximum Gasteiger partial charge on any atom is 0.329 e. The molecule has 0 bridgehead atoms. The van der Waals surface area contributed by atoms with E-state index in [2.05, 4.69) is 10.0 Å². The van der Waals surface area contributed by atoms with Gasteiger partial charge in [0.15, 0.2) is 6.29 Å². The summed E-state index contributed by atoms with van der Waals surface area (Å²) >= 11 is 0. The molecule has 2 atom stereocenters. The van der Waals surface area contributed by atoms with Crippen LogP contribution in [0, 0.1) is 5.41 Å². The second-order valence-corrected chi connectivity index (χ2v) is 5.15. The average Bonchev–Trinajstić information content (AvgIpc) is 2.26. The molecular weight excluding hydrogens is 233 g/mol. The summed E-state index contributed by atoms with van der Waals surface area (Å²) in [4.78, 5) is 14.1. The van der Waals surface area contributed by atoms with Crippen molar-refractivity contribution in [3.63, 3.8) is 0 Å². The topological polar surface area (TPSA) is 80.2 Å². The van der Waals surface area contributed by atoms with Crippen LogP contribution in [0.15, 0.2) is 0 Å². The van der Waals surface area contributed by atoms with E-state index in [0.717, 1.165) is 6.42 Å². The first-order chi connectivity index (χ1) is 7.44. The molecule has 0 aliphatic carbocycles. The average molecular weight is 255 g/mol. The van der Waals surface area contributed by atoms with Crippen LogP contribution >= 0.6 is 8.60 Å². The van der Waals surface area contributed by atoms with Gasteiger partial charge in [0.05, 0.1) is 6.61 Å². The third-order valence-electron chi connectivity index (χ3n) is 1.92. The standard InChI is InChI=1S/C9H22NO5P/c1-5-6-10-15-8(11)9(2,3)7-14-16(12)13-4/h8,10-12H,5-7H2,1-4H3. The van der Waals surface area contributed by atoms with E-state index >= 15 is 0 Å². The summed E-state index contributed by atoms with van der Waals surface area (Å²) in [5, 5.41) is 9.71. The van der Waals surface area contributed by atoms with Crippen LogP contribution in [-0.2, 0) is 13.9 Å². The third-order valence-corrected chi connectivity index (χ3v) is 2.58. The van der Waals surface area contributed by atoms with E-state index in [1.807, 2.05) is 6.92 Å². The normalized spacial score (nSPS) is 16.1. The smallest absolute Gasteiger partial charge is 0.329 e. The summed E-state index contributed by atoms with van der Waals surface area (Å²) in [5.41, 5.74) is 2.01. The highest BCUT2D eigenvalue weighted by Crippen LogP contribution is 2.35. The number of aliphatic hydroxyl groups excluding tert-OH is 1. The first-order valence-corrected chi connectivity index (χ1v) is 6.29. The van der Waals surface area contributed by atoms with Crippen molar-refractivity contribution in [2.45, 2.75) is 33.5 Å². The second-order valence-electron chi connectivity index (χ2n) is 4.05. The van der Waals surface area contributed by atoms with Gasteiger partial charge in [-0.05, 0) is 6.42 Å². The van der Waals surface area contributed by atoms with E-state index in [9.17, 15) is 5.11 Å². The number of hydrogen-bond donors (Lipinski definition) is 3. The summed E-state index contributed by atoms with van der Waals surface area (Å²) in [6, 6.07) is 0. The van der Waals surface area contributed by atoms with Gasteiger partial charge in [0.25, 0.3) is 0 Å². The molecule has 3 N–H and O–H groups in total. The van der Waals surface area contributed by atoms with Crippen LogP contribution < -0.4 is 5.48 Å². The maximum atomic E-state index is 9.71. The van der Waals surface area contributed by atoms with Crippen molar-refractivity contribution in [1.29, 1.82) is 0 Å². The van der Waals surface area contributed by atoms with Gasteiger partial charge < -0.3 is 19.0 Å². The highest BCUT2D eigenvalue weighted by Gasteiger charge is 2.30. The van der Waals surface area contributed by atoms with Gasteiger partial charge in [-0.1, -0.05) is 20.8 Å². The maximum absolute atomic E-state index is 9.71. The Labute approximate surface area is 97.9 Å². The van der Waals surface area contributed by atoms with Gasteiger partial charge >= 0.3 is 8.60 Å². The van der Waals surface area contributed by atoms with Gasteiger partial charge in [0.2, 0.25) is 0 Å². The molecule has 0 amide bonds. The predicted octanol–water partition coefficient (Wildman–Crippen LogP) is 1.14. The summed E-state index contributed by atoms with van der Waals surface area (Å²) < 4.78 is 9.60. The zero-order valence-corrected chi connectivity index (χ0v) is 11.2. The van der Waals surface area contributed by atoms with E-state index in [4.69, 9.17) is 14.3 Å². The monoisotopic (exact) mass is 255 g/mol. The zero-order chi connectivity index (χ0) is 12.6. The molecule has 0 aliphatic rings. The van der Waals surface area contributed by atoms with Gasteiger partial charge in [0.1, 0.15) is 0 Å². The zero-order valence-electron chi connectivity index (χ0n) is 10.3. The molecule has 6 nitrogen and oxygen atoms in total. The van der Waals surface area contributed by atoms with Crippen molar-refractivity contribution in [3.8, 4) is 0 Å². The predicted molar refractivity (Wildman–Crippen MR) is 61.3 cm³/mol. The quantitative estimate of drug-likeness (QED) is 0.248. The van der Waals surface area contributed by atoms with Gasteiger partial charge in [0, 0.05) is 19.1 Å². The lowest BCUT2D eigenvalue weighted by atomic mass is 9.94. The minimum atomic E-state index is -1.87. The molecule has 7 heteroatoms. The van der Waals surface area contributed by atoms with Crippen molar-refractivity contribution in [3.05, 3.63) is 0 Å². The van der Waals surface area contributed by atoms with Crippen molar-refractivity contribution < 1.29 is 23.9 Å². The number of hydrogen-bond acceptors (Lipinski definition) is 6. The molecule has 0 spiro atoms. The molecule has 0 aromatic heterocycles. The van der Waals surface area contributed by atoms with Crippen LogP contribution in [-0.4, -0.2) is 36.6 Å². The van der Waals surface area contributed by atoms with Crippen molar-refractivity contribution >= 4 is 8.60 Å². The molecule has 0 aromatic carbocycles. The molecule has 0 rings (SSSR count). The Bertz CT molecular complexity index is 181. The molecule has 0 fully saturated rings. The van der Waals surface area contributed by atoms with Gasteiger partial charge in [-0.25, -0.2) is 0 Å². The van der Waals surface area contributed by atoms with E-state index in [-0.39, 0.29) is 6.61 Å². The Morgan fingerprint density at radius 2 is 2.06 bits per heavy atom. The Kier molecular flexibility index (Phi) is 8.40. The lowest BCUT2D eigenvalue weighted by Gasteiger charge is -2.29. The van der Waals surface area contributed by atoms with Crippen LogP contribution in [0.25, 0.3) is 0 Å². The third kappa shape index (κ3) is 6.70. The van der Waals surface area contributed by atoms with Crippen LogP contribution in [0.3, 0.4) is 0 Å². The first kappa shape index (κ1) is 16.2. The molecular formula is C9H22NO5P. The number of nitrogens with one attached hydrogen (secondary N) is 1.